The maximum absolute atomic E-state index is 10.2. The zero-order chi connectivity index (χ0) is 15.2. The van der Waals surface area contributed by atoms with Crippen molar-refractivity contribution in [1.29, 1.82) is 0 Å². The third kappa shape index (κ3) is 4.95. The smallest absolute Gasteiger partial charge is 0.122 e. The largest absolute Gasteiger partial charge is 0.496 e. The standard InChI is InChI=1S/C17H19ClO2S/c1-12-4-3-5-16(8-12)21-11-15(19)10-13-9-14(18)6-7-17(13)20-2/h3-9,15,19H,10-11H2,1-2H3. The fourth-order valence-electron chi connectivity index (χ4n) is 2.12. The molecule has 0 aliphatic heterocycles. The first-order chi connectivity index (χ1) is 10.1. The van der Waals surface area contributed by atoms with Gasteiger partial charge in [-0.1, -0.05) is 29.3 Å². The van der Waals surface area contributed by atoms with E-state index in [2.05, 4.69) is 25.1 Å². The second-order valence-electron chi connectivity index (χ2n) is 4.94. The second-order valence-corrected chi connectivity index (χ2v) is 6.47. The monoisotopic (exact) mass is 322 g/mol. The second kappa shape index (κ2) is 7.74. The van der Waals surface area contributed by atoms with Crippen LogP contribution in [0.2, 0.25) is 5.02 Å². The van der Waals surface area contributed by atoms with Crippen LogP contribution in [0.5, 0.6) is 5.75 Å². The maximum atomic E-state index is 10.2. The van der Waals surface area contributed by atoms with Gasteiger partial charge < -0.3 is 9.84 Å². The van der Waals surface area contributed by atoms with Crippen molar-refractivity contribution in [3.8, 4) is 5.75 Å². The Labute approximate surface area is 135 Å². The number of hydrogen-bond acceptors (Lipinski definition) is 3. The highest BCUT2D eigenvalue weighted by molar-refractivity contribution is 7.99. The molecule has 112 valence electrons. The van der Waals surface area contributed by atoms with Gasteiger partial charge in [-0.15, -0.1) is 11.8 Å². The molecular formula is C17H19ClO2S. The van der Waals surface area contributed by atoms with Gasteiger partial charge in [0.15, 0.2) is 0 Å². The highest BCUT2D eigenvalue weighted by Gasteiger charge is 2.11. The van der Waals surface area contributed by atoms with Gasteiger partial charge in [0.2, 0.25) is 0 Å². The van der Waals surface area contributed by atoms with Crippen molar-refractivity contribution < 1.29 is 9.84 Å². The molecule has 0 saturated carbocycles. The molecule has 4 heteroatoms. The van der Waals surface area contributed by atoms with E-state index in [0.717, 1.165) is 11.3 Å². The van der Waals surface area contributed by atoms with Gasteiger partial charge in [0, 0.05) is 22.1 Å². The highest BCUT2D eigenvalue weighted by atomic mass is 35.5. The van der Waals surface area contributed by atoms with Crippen LogP contribution in [-0.2, 0) is 6.42 Å². The third-order valence-electron chi connectivity index (χ3n) is 3.13. The van der Waals surface area contributed by atoms with E-state index in [1.54, 1.807) is 24.9 Å². The van der Waals surface area contributed by atoms with Crippen molar-refractivity contribution in [3.05, 3.63) is 58.6 Å². The average molecular weight is 323 g/mol. The quantitative estimate of drug-likeness (QED) is 0.802. The molecule has 1 N–H and O–H groups in total. The molecule has 0 aliphatic rings. The molecule has 0 aliphatic carbocycles. The van der Waals surface area contributed by atoms with Crippen LogP contribution < -0.4 is 4.74 Å². The van der Waals surface area contributed by atoms with E-state index in [0.29, 0.717) is 17.2 Å². The Bertz CT molecular complexity index is 601. The topological polar surface area (TPSA) is 29.5 Å². The number of aliphatic hydroxyl groups is 1. The number of aryl methyl sites for hydroxylation is 1. The van der Waals surface area contributed by atoms with E-state index < -0.39 is 6.10 Å². The maximum Gasteiger partial charge on any atom is 0.122 e. The summed E-state index contributed by atoms with van der Waals surface area (Å²) >= 11 is 7.66. The summed E-state index contributed by atoms with van der Waals surface area (Å²) in [7, 11) is 1.63. The molecule has 0 fully saturated rings. The van der Waals surface area contributed by atoms with Crippen molar-refractivity contribution in [1.82, 2.24) is 0 Å². The molecule has 2 rings (SSSR count). The van der Waals surface area contributed by atoms with Crippen LogP contribution >= 0.6 is 23.4 Å². The molecule has 0 aromatic heterocycles. The number of halogens is 1. The Balaban J connectivity index is 1.95. The molecule has 0 heterocycles. The molecule has 0 spiro atoms. The molecule has 0 bridgehead atoms. The van der Waals surface area contributed by atoms with Crippen LogP contribution in [0.1, 0.15) is 11.1 Å². The first-order valence-corrected chi connectivity index (χ1v) is 8.15. The Hall–Kier alpha value is -1.16. The van der Waals surface area contributed by atoms with Crippen molar-refractivity contribution in [3.63, 3.8) is 0 Å². The Kier molecular flexibility index (Phi) is 5.97. The van der Waals surface area contributed by atoms with Crippen LogP contribution in [0, 0.1) is 6.92 Å². The molecule has 0 radical (unpaired) electrons. The van der Waals surface area contributed by atoms with Gasteiger partial charge in [-0.2, -0.15) is 0 Å². The number of aliphatic hydroxyl groups excluding tert-OH is 1. The van der Waals surface area contributed by atoms with Crippen LogP contribution in [0.3, 0.4) is 0 Å². The molecular weight excluding hydrogens is 304 g/mol. The molecule has 2 aromatic rings. The van der Waals surface area contributed by atoms with Crippen LogP contribution in [-0.4, -0.2) is 24.1 Å². The summed E-state index contributed by atoms with van der Waals surface area (Å²) in [5.74, 6) is 1.40. The van der Waals surface area contributed by atoms with Gasteiger partial charge in [0.05, 0.1) is 13.2 Å². The average Bonchev–Trinajstić information content (AvgIpc) is 2.45. The number of rotatable bonds is 6. The minimum Gasteiger partial charge on any atom is -0.496 e. The van der Waals surface area contributed by atoms with Crippen molar-refractivity contribution in [2.24, 2.45) is 0 Å². The lowest BCUT2D eigenvalue weighted by atomic mass is 10.1. The molecule has 2 nitrogen and oxygen atoms in total. The molecule has 0 saturated heterocycles. The summed E-state index contributed by atoms with van der Waals surface area (Å²) < 4.78 is 5.30. The van der Waals surface area contributed by atoms with Crippen LogP contribution in [0.25, 0.3) is 0 Å². The highest BCUT2D eigenvalue weighted by Crippen LogP contribution is 2.26. The van der Waals surface area contributed by atoms with E-state index in [9.17, 15) is 5.11 Å². The zero-order valence-electron chi connectivity index (χ0n) is 12.2. The van der Waals surface area contributed by atoms with Crippen molar-refractivity contribution >= 4 is 23.4 Å². The fourth-order valence-corrected chi connectivity index (χ4v) is 3.26. The minimum atomic E-state index is -0.442. The molecule has 0 amide bonds. The summed E-state index contributed by atoms with van der Waals surface area (Å²) in [6.07, 6.45) is 0.0885. The van der Waals surface area contributed by atoms with E-state index >= 15 is 0 Å². The van der Waals surface area contributed by atoms with Crippen molar-refractivity contribution in [2.45, 2.75) is 24.3 Å². The van der Waals surface area contributed by atoms with Crippen LogP contribution in [0.15, 0.2) is 47.4 Å². The fraction of sp³-hybridized carbons (Fsp3) is 0.294. The van der Waals surface area contributed by atoms with Gasteiger partial charge in [0.1, 0.15) is 5.75 Å². The summed E-state index contributed by atoms with van der Waals surface area (Å²) in [5, 5.41) is 10.9. The number of methoxy groups -OCH3 is 1. The van der Waals surface area contributed by atoms with Gasteiger partial charge in [-0.05, 0) is 42.8 Å². The molecule has 1 atom stereocenters. The van der Waals surface area contributed by atoms with Gasteiger partial charge in [-0.3, -0.25) is 0 Å². The van der Waals surface area contributed by atoms with E-state index in [4.69, 9.17) is 16.3 Å². The Morgan fingerprint density at radius 2 is 2.05 bits per heavy atom. The lowest BCUT2D eigenvalue weighted by Crippen LogP contribution is -2.14. The molecule has 21 heavy (non-hydrogen) atoms. The van der Waals surface area contributed by atoms with E-state index in [1.165, 1.54) is 10.5 Å². The van der Waals surface area contributed by atoms with Gasteiger partial charge >= 0.3 is 0 Å². The number of benzene rings is 2. The number of thioether (sulfide) groups is 1. The summed E-state index contributed by atoms with van der Waals surface area (Å²) in [6, 6.07) is 13.7. The van der Waals surface area contributed by atoms with Gasteiger partial charge in [0.25, 0.3) is 0 Å². The normalized spacial score (nSPS) is 12.2. The van der Waals surface area contributed by atoms with Crippen molar-refractivity contribution in [2.75, 3.05) is 12.9 Å². The third-order valence-corrected chi connectivity index (χ3v) is 4.50. The first-order valence-electron chi connectivity index (χ1n) is 6.78. The molecule has 2 aromatic carbocycles. The molecule has 1 unspecified atom stereocenters. The number of hydrogen-bond donors (Lipinski definition) is 1. The first kappa shape index (κ1) is 16.2. The zero-order valence-corrected chi connectivity index (χ0v) is 13.7. The summed E-state index contributed by atoms with van der Waals surface area (Å²) in [6.45, 7) is 2.07. The predicted octanol–water partition coefficient (Wildman–Crippen LogP) is 4.35. The lowest BCUT2D eigenvalue weighted by molar-refractivity contribution is 0.199. The summed E-state index contributed by atoms with van der Waals surface area (Å²) in [4.78, 5) is 1.17. The van der Waals surface area contributed by atoms with E-state index in [1.807, 2.05) is 18.2 Å². The summed E-state index contributed by atoms with van der Waals surface area (Å²) in [5.41, 5.74) is 2.16. The predicted molar refractivity (Wildman–Crippen MR) is 89.6 cm³/mol. The van der Waals surface area contributed by atoms with Gasteiger partial charge in [-0.25, -0.2) is 0 Å². The number of ether oxygens (including phenoxy) is 1. The van der Waals surface area contributed by atoms with Crippen LogP contribution in [0.4, 0.5) is 0 Å². The Morgan fingerprint density at radius 1 is 1.24 bits per heavy atom. The Morgan fingerprint density at radius 3 is 2.76 bits per heavy atom. The SMILES string of the molecule is COc1ccc(Cl)cc1CC(O)CSc1cccc(C)c1. The lowest BCUT2D eigenvalue weighted by Gasteiger charge is -2.13. The minimum absolute atomic E-state index is 0.442. The van der Waals surface area contributed by atoms with E-state index in [-0.39, 0.29) is 0 Å².